The number of hydrogen-bond donors (Lipinski definition) is 5. The van der Waals surface area contributed by atoms with Crippen LogP contribution in [-0.4, -0.2) is 32.5 Å². The van der Waals surface area contributed by atoms with Gasteiger partial charge < -0.3 is 16.5 Å². The normalized spacial score (nSPS) is 10.9. The van der Waals surface area contributed by atoms with Crippen LogP contribution in [-0.2, 0) is 10.0 Å². The second kappa shape index (κ2) is 6.83. The van der Waals surface area contributed by atoms with Crippen LogP contribution in [0.25, 0.3) is 0 Å². The van der Waals surface area contributed by atoms with E-state index in [9.17, 15) is 23.3 Å². The number of non-ortho nitro benzene ring substituents is 1. The summed E-state index contributed by atoms with van der Waals surface area (Å²) >= 11 is 0. The molecule has 0 unspecified atom stereocenters. The van der Waals surface area contributed by atoms with Crippen LogP contribution in [0.1, 0.15) is 0 Å². The van der Waals surface area contributed by atoms with Gasteiger partial charge in [0.05, 0.1) is 10.6 Å². The van der Waals surface area contributed by atoms with Crippen molar-refractivity contribution < 1.29 is 18.1 Å². The van der Waals surface area contributed by atoms with Crippen molar-refractivity contribution in [3.8, 4) is 0 Å². The van der Waals surface area contributed by atoms with Crippen molar-refractivity contribution in [2.24, 2.45) is 11.6 Å². The lowest BCUT2D eigenvalue weighted by atomic mass is 10.3. The molecule has 0 bridgehead atoms. The summed E-state index contributed by atoms with van der Waals surface area (Å²) in [6, 6.07) is 2.30. The number of carbonyl (C=O) groups excluding carboxylic acids is 1. The Morgan fingerprint density at radius 3 is 2.52 bits per heavy atom. The number of nitro groups is 1. The molecule has 7 N–H and O–H groups in total. The van der Waals surface area contributed by atoms with Crippen molar-refractivity contribution in [2.75, 3.05) is 18.5 Å². The zero-order valence-electron chi connectivity index (χ0n) is 10.7. The first kappa shape index (κ1) is 16.6. The van der Waals surface area contributed by atoms with E-state index in [1.165, 1.54) is 0 Å². The van der Waals surface area contributed by atoms with E-state index in [-0.39, 0.29) is 29.4 Å². The van der Waals surface area contributed by atoms with E-state index in [0.29, 0.717) is 0 Å². The Hall–Kier alpha value is -2.44. The molecule has 0 aromatic heterocycles. The number of primary amides is 1. The van der Waals surface area contributed by atoms with E-state index in [0.717, 1.165) is 18.2 Å². The predicted octanol–water partition coefficient (Wildman–Crippen LogP) is -1.17. The van der Waals surface area contributed by atoms with Crippen LogP contribution in [0.3, 0.4) is 0 Å². The lowest BCUT2D eigenvalue weighted by Crippen LogP contribution is -2.37. The second-order valence-electron chi connectivity index (χ2n) is 3.77. The number of carbonyl (C=O) groups is 1. The molecule has 12 heteroatoms. The Morgan fingerprint density at radius 1 is 1.33 bits per heavy atom. The monoisotopic (exact) mass is 318 g/mol. The molecule has 0 aliphatic rings. The third-order valence-corrected chi connectivity index (χ3v) is 3.85. The molecular formula is C9H14N6O5S. The molecule has 0 atom stereocenters. The molecule has 116 valence electrons. The summed E-state index contributed by atoms with van der Waals surface area (Å²) in [7, 11) is -3.95. The van der Waals surface area contributed by atoms with Crippen LogP contribution in [0.15, 0.2) is 23.1 Å². The van der Waals surface area contributed by atoms with Gasteiger partial charge in [-0.2, -0.15) is 0 Å². The predicted molar refractivity (Wildman–Crippen MR) is 73.7 cm³/mol. The van der Waals surface area contributed by atoms with Gasteiger partial charge in [-0.3, -0.25) is 16.0 Å². The number of nitrogens with two attached hydrogens (primary N) is 2. The number of nitrogens with zero attached hydrogens (tertiary/aromatic N) is 1. The molecule has 0 spiro atoms. The van der Waals surface area contributed by atoms with Gasteiger partial charge >= 0.3 is 6.03 Å². The Labute approximate surface area is 119 Å². The number of anilines is 1. The number of nitrogen functional groups attached to an aromatic ring is 1. The first-order valence-electron chi connectivity index (χ1n) is 5.56. The molecule has 1 aromatic rings. The molecule has 0 saturated heterocycles. The highest BCUT2D eigenvalue weighted by atomic mass is 32.2. The smallest absolute Gasteiger partial charge is 0.312 e. The minimum absolute atomic E-state index is 0.00701. The van der Waals surface area contributed by atoms with Gasteiger partial charge in [0, 0.05) is 25.2 Å². The maximum absolute atomic E-state index is 12.0. The zero-order chi connectivity index (χ0) is 16.0. The van der Waals surface area contributed by atoms with Crippen molar-refractivity contribution in [1.29, 1.82) is 0 Å². The number of nitro benzene ring substituents is 1. The van der Waals surface area contributed by atoms with Crippen molar-refractivity contribution in [2.45, 2.75) is 4.90 Å². The van der Waals surface area contributed by atoms with Gasteiger partial charge in [-0.15, -0.1) is 0 Å². The van der Waals surface area contributed by atoms with E-state index in [2.05, 4.69) is 15.5 Å². The summed E-state index contributed by atoms with van der Waals surface area (Å²) in [4.78, 5) is 20.1. The topological polar surface area (TPSA) is 182 Å². The maximum Gasteiger partial charge on any atom is 0.312 e. The highest BCUT2D eigenvalue weighted by Gasteiger charge is 2.20. The molecule has 0 fully saturated rings. The van der Waals surface area contributed by atoms with Crippen LogP contribution in [0, 0.1) is 10.1 Å². The standard InChI is InChI=1S/C9H14N6O5S/c10-9(16)12-3-4-13-21(19,20)8-2-1-6(15(17)18)5-7(8)14-11/h1-2,5,13-14H,3-4,11H2,(H3,10,12,16). The van der Waals surface area contributed by atoms with E-state index < -0.39 is 21.0 Å². The van der Waals surface area contributed by atoms with E-state index in [4.69, 9.17) is 11.6 Å². The molecule has 21 heavy (non-hydrogen) atoms. The van der Waals surface area contributed by atoms with Crippen LogP contribution >= 0.6 is 0 Å². The Bertz CT molecular complexity index is 646. The van der Waals surface area contributed by atoms with Gasteiger partial charge in [-0.25, -0.2) is 17.9 Å². The average Bonchev–Trinajstić information content (AvgIpc) is 2.42. The summed E-state index contributed by atoms with van der Waals surface area (Å²) in [5, 5.41) is 12.8. The summed E-state index contributed by atoms with van der Waals surface area (Å²) in [6.45, 7) is -0.112. The third kappa shape index (κ3) is 4.55. The van der Waals surface area contributed by atoms with Crippen LogP contribution in [0.4, 0.5) is 16.2 Å². The number of hydrogen-bond acceptors (Lipinski definition) is 7. The van der Waals surface area contributed by atoms with Crippen LogP contribution in [0.2, 0.25) is 0 Å². The highest BCUT2D eigenvalue weighted by Crippen LogP contribution is 2.25. The fraction of sp³-hybridized carbons (Fsp3) is 0.222. The first-order chi connectivity index (χ1) is 9.77. The Balaban J connectivity index is 2.92. The lowest BCUT2D eigenvalue weighted by molar-refractivity contribution is -0.384. The quantitative estimate of drug-likeness (QED) is 0.181. The largest absolute Gasteiger partial charge is 0.352 e. The van der Waals surface area contributed by atoms with Gasteiger partial charge in [0.1, 0.15) is 4.90 Å². The summed E-state index contributed by atoms with van der Waals surface area (Å²) in [5.41, 5.74) is 6.49. The van der Waals surface area contributed by atoms with Gasteiger partial charge in [-0.1, -0.05) is 0 Å². The molecule has 1 rings (SSSR count). The van der Waals surface area contributed by atoms with Gasteiger partial charge in [-0.05, 0) is 6.07 Å². The lowest BCUT2D eigenvalue weighted by Gasteiger charge is -2.11. The Kier molecular flexibility index (Phi) is 5.40. The van der Waals surface area contributed by atoms with Gasteiger partial charge in [0.25, 0.3) is 5.69 Å². The molecule has 0 heterocycles. The fourth-order valence-corrected chi connectivity index (χ4v) is 2.61. The first-order valence-corrected chi connectivity index (χ1v) is 7.04. The third-order valence-electron chi connectivity index (χ3n) is 2.34. The number of benzene rings is 1. The number of nitrogens with one attached hydrogen (secondary N) is 3. The van der Waals surface area contributed by atoms with Crippen molar-refractivity contribution in [1.82, 2.24) is 10.0 Å². The summed E-state index contributed by atoms with van der Waals surface area (Å²) in [6.07, 6.45) is 0. The molecule has 0 aliphatic heterocycles. The Morgan fingerprint density at radius 2 is 2.00 bits per heavy atom. The van der Waals surface area contributed by atoms with Crippen LogP contribution < -0.4 is 27.0 Å². The zero-order valence-corrected chi connectivity index (χ0v) is 11.5. The number of rotatable bonds is 7. The number of hydrazine groups is 1. The summed E-state index contributed by atoms with van der Waals surface area (Å²) in [5.74, 6) is 5.17. The molecule has 11 nitrogen and oxygen atoms in total. The molecule has 0 aliphatic carbocycles. The van der Waals surface area contributed by atoms with E-state index >= 15 is 0 Å². The minimum atomic E-state index is -3.95. The van der Waals surface area contributed by atoms with Crippen LogP contribution in [0.5, 0.6) is 0 Å². The summed E-state index contributed by atoms with van der Waals surface area (Å²) < 4.78 is 26.2. The van der Waals surface area contributed by atoms with E-state index in [1.807, 2.05) is 0 Å². The maximum atomic E-state index is 12.0. The van der Waals surface area contributed by atoms with Crippen molar-refractivity contribution >= 4 is 27.4 Å². The number of amides is 2. The van der Waals surface area contributed by atoms with Gasteiger partial charge in [0.15, 0.2) is 0 Å². The van der Waals surface area contributed by atoms with Crippen molar-refractivity contribution in [3.63, 3.8) is 0 Å². The van der Waals surface area contributed by atoms with Crippen molar-refractivity contribution in [3.05, 3.63) is 28.3 Å². The van der Waals surface area contributed by atoms with Gasteiger partial charge in [0.2, 0.25) is 10.0 Å². The number of sulfonamides is 1. The van der Waals surface area contributed by atoms with E-state index in [1.54, 1.807) is 0 Å². The average molecular weight is 318 g/mol. The number of urea groups is 1. The minimum Gasteiger partial charge on any atom is -0.352 e. The molecule has 2 amide bonds. The molecule has 0 radical (unpaired) electrons. The highest BCUT2D eigenvalue weighted by molar-refractivity contribution is 7.89. The fourth-order valence-electron chi connectivity index (χ4n) is 1.43. The second-order valence-corrected chi connectivity index (χ2v) is 5.51. The molecule has 0 saturated carbocycles. The molecular weight excluding hydrogens is 304 g/mol. The SMILES string of the molecule is NNc1cc([N+](=O)[O-])ccc1S(=O)(=O)NCCNC(N)=O. The molecule has 1 aromatic carbocycles.